The Hall–Kier alpha value is -2.11. The minimum Gasteiger partial charge on any atom is -0.481 e. The molecule has 26 heavy (non-hydrogen) atoms. The largest absolute Gasteiger partial charge is 0.481 e. The number of benzene rings is 1. The van der Waals surface area contributed by atoms with E-state index in [0.717, 1.165) is 11.1 Å². The SMILES string of the molecule is COc1ccc([C@H](NC(=O)CCc2ccccc2Cl)C2CC(O)C2)cn1. The van der Waals surface area contributed by atoms with Crippen molar-refractivity contribution in [2.45, 2.75) is 37.8 Å². The maximum atomic E-state index is 12.5. The first-order valence-corrected chi connectivity index (χ1v) is 9.15. The van der Waals surface area contributed by atoms with E-state index in [1.807, 2.05) is 30.3 Å². The van der Waals surface area contributed by atoms with Gasteiger partial charge >= 0.3 is 0 Å². The molecule has 0 radical (unpaired) electrons. The number of pyridine rings is 1. The van der Waals surface area contributed by atoms with Crippen LogP contribution in [0.1, 0.15) is 36.4 Å². The Morgan fingerprint density at radius 1 is 1.35 bits per heavy atom. The highest BCUT2D eigenvalue weighted by Gasteiger charge is 2.35. The van der Waals surface area contributed by atoms with Crippen LogP contribution >= 0.6 is 11.6 Å². The van der Waals surface area contributed by atoms with Crippen LogP contribution in [0.2, 0.25) is 5.02 Å². The van der Waals surface area contributed by atoms with E-state index in [9.17, 15) is 9.90 Å². The van der Waals surface area contributed by atoms with Crippen molar-refractivity contribution in [3.8, 4) is 5.88 Å². The average Bonchev–Trinajstić information content (AvgIpc) is 2.63. The van der Waals surface area contributed by atoms with Crippen LogP contribution in [0.5, 0.6) is 5.88 Å². The van der Waals surface area contributed by atoms with Gasteiger partial charge in [0.1, 0.15) is 0 Å². The van der Waals surface area contributed by atoms with Gasteiger partial charge in [0.15, 0.2) is 0 Å². The van der Waals surface area contributed by atoms with Crippen LogP contribution in [-0.4, -0.2) is 29.2 Å². The number of nitrogens with zero attached hydrogens (tertiary/aromatic N) is 1. The van der Waals surface area contributed by atoms with Gasteiger partial charge in [-0.1, -0.05) is 35.9 Å². The monoisotopic (exact) mass is 374 g/mol. The summed E-state index contributed by atoms with van der Waals surface area (Å²) < 4.78 is 5.10. The minimum atomic E-state index is -0.284. The van der Waals surface area contributed by atoms with Gasteiger partial charge in [-0.25, -0.2) is 4.98 Å². The van der Waals surface area contributed by atoms with Gasteiger partial charge in [-0.15, -0.1) is 0 Å². The molecule has 3 rings (SSSR count). The first kappa shape index (κ1) is 18.7. The number of rotatable bonds is 7. The van der Waals surface area contributed by atoms with Crippen molar-refractivity contribution in [2.75, 3.05) is 7.11 Å². The van der Waals surface area contributed by atoms with Crippen molar-refractivity contribution in [2.24, 2.45) is 5.92 Å². The molecule has 0 unspecified atom stereocenters. The highest BCUT2D eigenvalue weighted by atomic mass is 35.5. The number of carbonyl (C=O) groups is 1. The summed E-state index contributed by atoms with van der Waals surface area (Å²) in [6.07, 6.45) is 3.76. The zero-order valence-electron chi connectivity index (χ0n) is 14.7. The average molecular weight is 375 g/mol. The van der Waals surface area contributed by atoms with Gasteiger partial charge in [0, 0.05) is 23.7 Å². The predicted molar refractivity (Wildman–Crippen MR) is 100 cm³/mol. The summed E-state index contributed by atoms with van der Waals surface area (Å²) in [7, 11) is 1.57. The lowest BCUT2D eigenvalue weighted by Crippen LogP contribution is -2.41. The molecule has 1 amide bonds. The van der Waals surface area contributed by atoms with Crippen molar-refractivity contribution in [1.82, 2.24) is 10.3 Å². The van der Waals surface area contributed by atoms with Crippen LogP contribution in [0.3, 0.4) is 0 Å². The number of aliphatic hydroxyl groups is 1. The van der Waals surface area contributed by atoms with Crippen LogP contribution in [0.25, 0.3) is 0 Å². The molecular formula is C20H23ClN2O3. The number of halogens is 1. The molecule has 1 aliphatic carbocycles. The number of aryl methyl sites for hydroxylation is 1. The molecular weight excluding hydrogens is 352 g/mol. The Labute approximate surface area is 158 Å². The van der Waals surface area contributed by atoms with Gasteiger partial charge in [0.05, 0.1) is 19.3 Å². The Kier molecular flexibility index (Phi) is 6.12. The fraction of sp³-hybridized carbons (Fsp3) is 0.400. The van der Waals surface area contributed by atoms with Gasteiger partial charge in [-0.3, -0.25) is 4.79 Å². The second-order valence-electron chi connectivity index (χ2n) is 6.66. The number of aromatic nitrogens is 1. The van der Waals surface area contributed by atoms with E-state index in [2.05, 4.69) is 10.3 Å². The maximum absolute atomic E-state index is 12.5. The summed E-state index contributed by atoms with van der Waals surface area (Å²) in [5.41, 5.74) is 1.89. The summed E-state index contributed by atoms with van der Waals surface area (Å²) in [5, 5.41) is 13.4. The van der Waals surface area contributed by atoms with Gasteiger partial charge in [-0.05, 0) is 42.4 Å². The molecule has 1 aromatic heterocycles. The highest BCUT2D eigenvalue weighted by Crippen LogP contribution is 2.38. The van der Waals surface area contributed by atoms with Crippen LogP contribution in [0.4, 0.5) is 0 Å². The normalized spacial score (nSPS) is 20.1. The van der Waals surface area contributed by atoms with Crippen LogP contribution in [0.15, 0.2) is 42.6 Å². The minimum absolute atomic E-state index is 0.0351. The summed E-state index contributed by atoms with van der Waals surface area (Å²) >= 11 is 6.16. The number of aliphatic hydroxyl groups excluding tert-OH is 1. The molecule has 2 N–H and O–H groups in total. The topological polar surface area (TPSA) is 71.5 Å². The standard InChI is InChI=1S/C20H23ClN2O3/c1-26-19-9-7-14(12-22-19)20(15-10-16(24)11-15)23-18(25)8-6-13-4-2-3-5-17(13)21/h2-5,7,9,12,15-16,20,24H,6,8,10-11H2,1H3,(H,23,25)/t15?,16?,20-/m0/s1. The lowest BCUT2D eigenvalue weighted by Gasteiger charge is -2.38. The fourth-order valence-corrected chi connectivity index (χ4v) is 3.50. The van der Waals surface area contributed by atoms with Crippen molar-refractivity contribution in [1.29, 1.82) is 0 Å². The quantitative estimate of drug-likeness (QED) is 0.780. The Morgan fingerprint density at radius 2 is 2.12 bits per heavy atom. The molecule has 0 saturated heterocycles. The third kappa shape index (κ3) is 4.54. The molecule has 0 bridgehead atoms. The Morgan fingerprint density at radius 3 is 2.73 bits per heavy atom. The summed E-state index contributed by atoms with van der Waals surface area (Å²) in [6, 6.07) is 11.1. The van der Waals surface area contributed by atoms with E-state index in [1.54, 1.807) is 19.4 Å². The number of methoxy groups -OCH3 is 1. The van der Waals surface area contributed by atoms with E-state index in [-0.39, 0.29) is 24.0 Å². The van der Waals surface area contributed by atoms with E-state index >= 15 is 0 Å². The molecule has 1 heterocycles. The predicted octanol–water partition coefficient (Wildman–Crippen LogP) is 3.30. The lowest BCUT2D eigenvalue weighted by molar-refractivity contribution is -0.123. The fourth-order valence-electron chi connectivity index (χ4n) is 3.27. The molecule has 1 aromatic carbocycles. The van der Waals surface area contributed by atoms with Gasteiger partial charge in [0.2, 0.25) is 11.8 Å². The molecule has 138 valence electrons. The van der Waals surface area contributed by atoms with Crippen molar-refractivity contribution < 1.29 is 14.6 Å². The molecule has 1 aliphatic rings. The molecule has 1 atom stereocenters. The number of carbonyl (C=O) groups excluding carboxylic acids is 1. The molecule has 2 aromatic rings. The molecule has 6 heteroatoms. The molecule has 5 nitrogen and oxygen atoms in total. The molecule has 1 saturated carbocycles. The van der Waals surface area contributed by atoms with Crippen molar-refractivity contribution >= 4 is 17.5 Å². The van der Waals surface area contributed by atoms with Crippen LogP contribution in [0, 0.1) is 5.92 Å². The van der Waals surface area contributed by atoms with E-state index in [4.69, 9.17) is 16.3 Å². The van der Waals surface area contributed by atoms with Crippen molar-refractivity contribution in [3.05, 3.63) is 58.7 Å². The Bertz CT molecular complexity index is 745. The molecule has 1 fully saturated rings. The molecule has 0 spiro atoms. The van der Waals surface area contributed by atoms with Crippen LogP contribution in [-0.2, 0) is 11.2 Å². The Balaban J connectivity index is 1.65. The number of ether oxygens (including phenoxy) is 1. The van der Waals surface area contributed by atoms with E-state index in [0.29, 0.717) is 36.6 Å². The number of hydrogen-bond donors (Lipinski definition) is 2. The molecule has 0 aliphatic heterocycles. The van der Waals surface area contributed by atoms with Gasteiger partial charge in [-0.2, -0.15) is 0 Å². The second-order valence-corrected chi connectivity index (χ2v) is 7.06. The summed E-state index contributed by atoms with van der Waals surface area (Å²) in [6.45, 7) is 0. The van der Waals surface area contributed by atoms with Crippen molar-refractivity contribution in [3.63, 3.8) is 0 Å². The number of nitrogens with one attached hydrogen (secondary N) is 1. The van der Waals surface area contributed by atoms with Gasteiger partial charge < -0.3 is 15.2 Å². The van der Waals surface area contributed by atoms with Gasteiger partial charge in [0.25, 0.3) is 0 Å². The first-order chi connectivity index (χ1) is 12.6. The third-order valence-corrected chi connectivity index (χ3v) is 5.21. The number of hydrogen-bond acceptors (Lipinski definition) is 4. The highest BCUT2D eigenvalue weighted by molar-refractivity contribution is 6.31. The zero-order valence-corrected chi connectivity index (χ0v) is 15.4. The lowest BCUT2D eigenvalue weighted by atomic mass is 9.75. The van der Waals surface area contributed by atoms with Crippen LogP contribution < -0.4 is 10.1 Å². The zero-order chi connectivity index (χ0) is 18.5. The maximum Gasteiger partial charge on any atom is 0.220 e. The summed E-state index contributed by atoms with van der Waals surface area (Å²) in [4.78, 5) is 16.7. The summed E-state index contributed by atoms with van der Waals surface area (Å²) in [5.74, 6) is 0.711. The van der Waals surface area contributed by atoms with E-state index in [1.165, 1.54) is 0 Å². The third-order valence-electron chi connectivity index (χ3n) is 4.84. The van der Waals surface area contributed by atoms with E-state index < -0.39 is 0 Å². The first-order valence-electron chi connectivity index (χ1n) is 8.77. The smallest absolute Gasteiger partial charge is 0.220 e. The number of amides is 1. The second kappa shape index (κ2) is 8.52.